The summed E-state index contributed by atoms with van der Waals surface area (Å²) in [5.74, 6) is 0.187. The first-order chi connectivity index (χ1) is 4.58. The summed E-state index contributed by atoms with van der Waals surface area (Å²) in [6.07, 6.45) is 2.06. The van der Waals surface area contributed by atoms with E-state index >= 15 is 0 Å². The van der Waals surface area contributed by atoms with Crippen molar-refractivity contribution >= 4 is 0 Å². The minimum atomic E-state index is -0.922. The maximum absolute atomic E-state index is 13.5. The van der Waals surface area contributed by atoms with Crippen LogP contribution in [-0.4, -0.2) is 11.7 Å². The zero-order valence-electron chi connectivity index (χ0n) is 6.73. The Balaban J connectivity index is 2.40. The molecule has 0 aliphatic heterocycles. The summed E-state index contributed by atoms with van der Waals surface area (Å²) < 4.78 is 13.5. The van der Waals surface area contributed by atoms with Crippen LogP contribution in [0.25, 0.3) is 0 Å². The molecule has 0 saturated heterocycles. The molecule has 1 saturated carbocycles. The minimum Gasteiger partial charge on any atom is -0.327 e. The molecule has 0 amide bonds. The second-order valence-corrected chi connectivity index (χ2v) is 3.51. The number of alkyl halides is 1. The Bertz CT molecular complexity index is 118. The van der Waals surface area contributed by atoms with Gasteiger partial charge >= 0.3 is 0 Å². The van der Waals surface area contributed by atoms with E-state index < -0.39 is 5.67 Å². The van der Waals surface area contributed by atoms with Gasteiger partial charge in [-0.2, -0.15) is 0 Å². The summed E-state index contributed by atoms with van der Waals surface area (Å²) in [5, 5.41) is 0. The fourth-order valence-electron chi connectivity index (χ4n) is 1.58. The van der Waals surface area contributed by atoms with E-state index in [1.807, 2.05) is 13.8 Å². The molecule has 2 N–H and O–H groups in total. The van der Waals surface area contributed by atoms with E-state index in [1.54, 1.807) is 0 Å². The van der Waals surface area contributed by atoms with Gasteiger partial charge in [0, 0.05) is 6.04 Å². The van der Waals surface area contributed by atoms with Crippen LogP contribution in [0.4, 0.5) is 4.39 Å². The molecular formula is C8H16FN. The Labute approximate surface area is 61.8 Å². The molecule has 0 bridgehead atoms. The predicted molar refractivity (Wildman–Crippen MR) is 40.5 cm³/mol. The summed E-state index contributed by atoms with van der Waals surface area (Å²) >= 11 is 0. The first kappa shape index (κ1) is 7.99. The fourth-order valence-corrected chi connectivity index (χ4v) is 1.58. The molecular weight excluding hydrogens is 129 g/mol. The van der Waals surface area contributed by atoms with Gasteiger partial charge in [0.1, 0.15) is 5.67 Å². The van der Waals surface area contributed by atoms with Crippen LogP contribution < -0.4 is 5.73 Å². The van der Waals surface area contributed by atoms with Crippen LogP contribution in [0.1, 0.15) is 33.1 Å². The maximum Gasteiger partial charge on any atom is 0.116 e. The quantitative estimate of drug-likeness (QED) is 0.630. The standard InChI is InChI=1S/C8H16FN/c1-3-6(2)8(9)4-7(10)5-8/h6-7H,3-5,10H2,1-2H3. The van der Waals surface area contributed by atoms with Crippen molar-refractivity contribution in [1.82, 2.24) is 0 Å². The van der Waals surface area contributed by atoms with Crippen molar-refractivity contribution in [2.75, 3.05) is 0 Å². The number of hydrogen-bond donors (Lipinski definition) is 1. The Morgan fingerprint density at radius 2 is 2.20 bits per heavy atom. The largest absolute Gasteiger partial charge is 0.327 e. The Kier molecular flexibility index (Phi) is 1.99. The highest BCUT2D eigenvalue weighted by Crippen LogP contribution is 2.42. The smallest absolute Gasteiger partial charge is 0.116 e. The molecule has 1 nitrogen and oxygen atoms in total. The number of hydrogen-bond acceptors (Lipinski definition) is 1. The fraction of sp³-hybridized carbons (Fsp3) is 1.00. The van der Waals surface area contributed by atoms with E-state index in [2.05, 4.69) is 0 Å². The van der Waals surface area contributed by atoms with E-state index in [-0.39, 0.29) is 12.0 Å². The summed E-state index contributed by atoms with van der Waals surface area (Å²) in [4.78, 5) is 0. The third-order valence-corrected chi connectivity index (χ3v) is 2.70. The summed E-state index contributed by atoms with van der Waals surface area (Å²) in [6, 6.07) is 0.124. The average Bonchev–Trinajstić information content (AvgIpc) is 1.83. The van der Waals surface area contributed by atoms with Crippen LogP contribution in [-0.2, 0) is 0 Å². The SMILES string of the molecule is CCC(C)C1(F)CC(N)C1. The Hall–Kier alpha value is -0.110. The van der Waals surface area contributed by atoms with Gasteiger partial charge in [-0.05, 0) is 18.8 Å². The molecule has 1 aliphatic carbocycles. The third-order valence-electron chi connectivity index (χ3n) is 2.70. The van der Waals surface area contributed by atoms with Crippen molar-refractivity contribution in [1.29, 1.82) is 0 Å². The zero-order chi connectivity index (χ0) is 7.78. The highest BCUT2D eigenvalue weighted by Gasteiger charge is 2.46. The third kappa shape index (κ3) is 1.17. The van der Waals surface area contributed by atoms with Gasteiger partial charge in [-0.15, -0.1) is 0 Å². The molecule has 2 heteroatoms. The lowest BCUT2D eigenvalue weighted by Crippen LogP contribution is -2.52. The van der Waals surface area contributed by atoms with Crippen molar-refractivity contribution in [2.24, 2.45) is 11.7 Å². The monoisotopic (exact) mass is 145 g/mol. The van der Waals surface area contributed by atoms with Crippen LogP contribution in [0, 0.1) is 5.92 Å². The summed E-state index contributed by atoms with van der Waals surface area (Å²) in [7, 11) is 0. The molecule has 0 aromatic rings. The molecule has 1 unspecified atom stereocenters. The van der Waals surface area contributed by atoms with Crippen molar-refractivity contribution < 1.29 is 4.39 Å². The molecule has 1 rings (SSSR count). The topological polar surface area (TPSA) is 26.0 Å². The summed E-state index contributed by atoms with van der Waals surface area (Å²) in [5.41, 5.74) is 4.58. The van der Waals surface area contributed by atoms with E-state index in [0.29, 0.717) is 12.8 Å². The second-order valence-electron chi connectivity index (χ2n) is 3.51. The van der Waals surface area contributed by atoms with Gasteiger partial charge in [-0.1, -0.05) is 20.3 Å². The van der Waals surface area contributed by atoms with Crippen molar-refractivity contribution in [2.45, 2.75) is 44.8 Å². The van der Waals surface area contributed by atoms with Crippen molar-refractivity contribution in [3.05, 3.63) is 0 Å². The molecule has 10 heavy (non-hydrogen) atoms. The van der Waals surface area contributed by atoms with Crippen molar-refractivity contribution in [3.63, 3.8) is 0 Å². The van der Waals surface area contributed by atoms with Gasteiger partial charge < -0.3 is 5.73 Å². The normalized spacial score (nSPS) is 42.6. The molecule has 1 aliphatic rings. The summed E-state index contributed by atoms with van der Waals surface area (Å²) in [6.45, 7) is 3.99. The van der Waals surface area contributed by atoms with Gasteiger partial charge in [0.05, 0.1) is 0 Å². The minimum absolute atomic E-state index is 0.124. The first-order valence-electron chi connectivity index (χ1n) is 4.03. The van der Waals surface area contributed by atoms with Crippen LogP contribution in [0.3, 0.4) is 0 Å². The van der Waals surface area contributed by atoms with Crippen LogP contribution >= 0.6 is 0 Å². The molecule has 60 valence electrons. The lowest BCUT2D eigenvalue weighted by atomic mass is 9.69. The van der Waals surface area contributed by atoms with E-state index in [1.165, 1.54) is 0 Å². The maximum atomic E-state index is 13.5. The van der Waals surface area contributed by atoms with Gasteiger partial charge in [-0.3, -0.25) is 0 Å². The predicted octanol–water partition coefficient (Wildman–Crippen LogP) is 1.86. The lowest BCUT2D eigenvalue weighted by Gasteiger charge is -2.43. The molecule has 0 heterocycles. The van der Waals surface area contributed by atoms with Gasteiger partial charge in [0.25, 0.3) is 0 Å². The lowest BCUT2D eigenvalue weighted by molar-refractivity contribution is -0.0102. The molecule has 0 spiro atoms. The van der Waals surface area contributed by atoms with Crippen LogP contribution in [0.2, 0.25) is 0 Å². The van der Waals surface area contributed by atoms with Crippen LogP contribution in [0.15, 0.2) is 0 Å². The van der Waals surface area contributed by atoms with E-state index in [9.17, 15) is 4.39 Å². The number of nitrogens with two attached hydrogens (primary N) is 1. The molecule has 1 atom stereocenters. The number of halogens is 1. The first-order valence-corrected chi connectivity index (χ1v) is 4.03. The average molecular weight is 145 g/mol. The Morgan fingerprint density at radius 1 is 1.70 bits per heavy atom. The molecule has 0 radical (unpaired) electrons. The highest BCUT2D eigenvalue weighted by atomic mass is 19.1. The van der Waals surface area contributed by atoms with Gasteiger partial charge in [-0.25, -0.2) is 4.39 Å². The Morgan fingerprint density at radius 3 is 2.50 bits per heavy atom. The van der Waals surface area contributed by atoms with Gasteiger partial charge in [0.15, 0.2) is 0 Å². The zero-order valence-corrected chi connectivity index (χ0v) is 6.73. The van der Waals surface area contributed by atoms with Gasteiger partial charge in [0.2, 0.25) is 0 Å². The second kappa shape index (κ2) is 2.50. The highest BCUT2D eigenvalue weighted by molar-refractivity contribution is 4.99. The molecule has 0 aromatic carbocycles. The molecule has 1 fully saturated rings. The van der Waals surface area contributed by atoms with Crippen LogP contribution in [0.5, 0.6) is 0 Å². The van der Waals surface area contributed by atoms with E-state index in [0.717, 1.165) is 6.42 Å². The molecule has 0 aromatic heterocycles. The van der Waals surface area contributed by atoms with Crippen molar-refractivity contribution in [3.8, 4) is 0 Å². The number of rotatable bonds is 2. The van der Waals surface area contributed by atoms with E-state index in [4.69, 9.17) is 5.73 Å².